The van der Waals surface area contributed by atoms with Gasteiger partial charge >= 0.3 is 0 Å². The minimum absolute atomic E-state index is 0.0522. The van der Waals surface area contributed by atoms with Gasteiger partial charge in [-0.25, -0.2) is 0 Å². The fourth-order valence-electron chi connectivity index (χ4n) is 3.56. The van der Waals surface area contributed by atoms with Crippen LogP contribution in [0, 0.1) is 0 Å². The van der Waals surface area contributed by atoms with Crippen LogP contribution in [-0.4, -0.2) is 40.0 Å². The summed E-state index contributed by atoms with van der Waals surface area (Å²) in [6, 6.07) is 9.49. The molecule has 23 heavy (non-hydrogen) atoms. The Bertz CT molecular complexity index is 767. The topological polar surface area (TPSA) is 75.2 Å². The van der Waals surface area contributed by atoms with Crippen LogP contribution in [-0.2, 0) is 10.2 Å². The summed E-state index contributed by atoms with van der Waals surface area (Å²) < 4.78 is 0. The maximum Gasteiger partial charge on any atom is 0.255 e. The summed E-state index contributed by atoms with van der Waals surface area (Å²) in [5, 5.41) is 10.4. The first-order valence-electron chi connectivity index (χ1n) is 7.68. The molecule has 1 N–H and O–H groups in total. The molecular weight excluding hydrogens is 292 g/mol. The minimum atomic E-state index is -0.496. The van der Waals surface area contributed by atoms with Crippen LogP contribution in [0.1, 0.15) is 28.8 Å². The van der Waals surface area contributed by atoms with E-state index in [4.69, 9.17) is 0 Å². The molecule has 1 saturated heterocycles. The zero-order valence-electron chi connectivity index (χ0n) is 12.5. The second-order valence-corrected chi connectivity index (χ2v) is 6.01. The molecule has 1 aromatic heterocycles. The number of nitrogens with zero attached hydrogens (tertiary/aromatic N) is 3. The number of fused-ring (bicyclic) bond motifs is 2. The van der Waals surface area contributed by atoms with E-state index in [0.29, 0.717) is 31.5 Å². The summed E-state index contributed by atoms with van der Waals surface area (Å²) in [6.45, 7) is 1.12. The fourth-order valence-corrected chi connectivity index (χ4v) is 3.56. The Hall–Kier alpha value is -2.76. The second kappa shape index (κ2) is 5.15. The molecule has 4 rings (SSSR count). The molecule has 6 nitrogen and oxygen atoms in total. The van der Waals surface area contributed by atoms with Crippen molar-refractivity contribution >= 4 is 17.5 Å². The number of para-hydroxylation sites is 1. The number of likely N-dealkylation sites (tertiary alicyclic amines) is 1. The summed E-state index contributed by atoms with van der Waals surface area (Å²) in [5.74, 6) is -0.00202. The second-order valence-electron chi connectivity index (χ2n) is 6.01. The number of aromatic nitrogens is 2. The lowest BCUT2D eigenvalue weighted by atomic mass is 9.73. The van der Waals surface area contributed by atoms with Crippen LogP contribution in [0.25, 0.3) is 0 Å². The van der Waals surface area contributed by atoms with E-state index in [2.05, 4.69) is 15.5 Å². The standard InChI is InChI=1S/C17H16N4O2/c22-15(12-5-8-18-19-11-12)21-9-6-17(7-10-21)13-3-1-2-4-14(13)20-16(17)23/h1-5,8,11H,6-7,9-10H2,(H,20,23). The summed E-state index contributed by atoms with van der Waals surface area (Å²) >= 11 is 0. The molecule has 6 heteroatoms. The largest absolute Gasteiger partial charge is 0.339 e. The van der Waals surface area contributed by atoms with E-state index in [9.17, 15) is 9.59 Å². The van der Waals surface area contributed by atoms with Crippen molar-refractivity contribution in [1.29, 1.82) is 0 Å². The highest BCUT2D eigenvalue weighted by molar-refractivity contribution is 6.06. The normalized spacial score (nSPS) is 18.6. The third-order valence-electron chi connectivity index (χ3n) is 4.86. The van der Waals surface area contributed by atoms with Gasteiger partial charge in [-0.15, -0.1) is 0 Å². The number of benzene rings is 1. The van der Waals surface area contributed by atoms with E-state index in [-0.39, 0.29) is 11.8 Å². The zero-order valence-corrected chi connectivity index (χ0v) is 12.5. The van der Waals surface area contributed by atoms with Crippen molar-refractivity contribution in [3.8, 4) is 0 Å². The Morgan fingerprint density at radius 1 is 1.13 bits per heavy atom. The first-order valence-corrected chi connectivity index (χ1v) is 7.68. The number of piperidine rings is 1. The molecule has 0 saturated carbocycles. The van der Waals surface area contributed by atoms with Crippen LogP contribution in [0.2, 0.25) is 0 Å². The number of hydrogen-bond acceptors (Lipinski definition) is 4. The molecule has 1 fully saturated rings. The van der Waals surface area contributed by atoms with Gasteiger partial charge in [-0.05, 0) is 30.5 Å². The van der Waals surface area contributed by atoms with Crippen molar-refractivity contribution in [3.05, 3.63) is 53.9 Å². The Morgan fingerprint density at radius 3 is 2.65 bits per heavy atom. The number of hydrogen-bond donors (Lipinski definition) is 1. The molecular formula is C17H16N4O2. The molecule has 2 aliphatic rings. The molecule has 0 bridgehead atoms. The van der Waals surface area contributed by atoms with E-state index in [0.717, 1.165) is 11.3 Å². The first kappa shape index (κ1) is 13.9. The van der Waals surface area contributed by atoms with Gasteiger partial charge in [0.05, 0.1) is 23.4 Å². The highest BCUT2D eigenvalue weighted by atomic mass is 16.2. The van der Waals surface area contributed by atoms with Crippen molar-refractivity contribution in [3.63, 3.8) is 0 Å². The number of amides is 2. The lowest BCUT2D eigenvalue weighted by Gasteiger charge is -2.38. The molecule has 0 radical (unpaired) electrons. The van der Waals surface area contributed by atoms with Crippen LogP contribution in [0.4, 0.5) is 5.69 Å². The van der Waals surface area contributed by atoms with Gasteiger partial charge in [-0.2, -0.15) is 10.2 Å². The van der Waals surface area contributed by atoms with E-state index < -0.39 is 5.41 Å². The van der Waals surface area contributed by atoms with Gasteiger partial charge in [0.25, 0.3) is 5.91 Å². The van der Waals surface area contributed by atoms with Gasteiger partial charge < -0.3 is 10.2 Å². The first-order chi connectivity index (χ1) is 11.2. The molecule has 2 aromatic rings. The molecule has 1 spiro atoms. The van der Waals surface area contributed by atoms with Crippen molar-refractivity contribution < 1.29 is 9.59 Å². The molecule has 0 aliphatic carbocycles. The summed E-state index contributed by atoms with van der Waals surface area (Å²) in [4.78, 5) is 26.8. The van der Waals surface area contributed by atoms with Gasteiger partial charge in [0.15, 0.2) is 0 Å². The number of anilines is 1. The fraction of sp³-hybridized carbons (Fsp3) is 0.294. The summed E-state index contributed by atoms with van der Waals surface area (Å²) in [7, 11) is 0. The van der Waals surface area contributed by atoms with Crippen molar-refractivity contribution in [1.82, 2.24) is 15.1 Å². The summed E-state index contributed by atoms with van der Waals surface area (Å²) in [5.41, 5.74) is 2.00. The quantitative estimate of drug-likeness (QED) is 0.868. The Labute approximate surface area is 133 Å². The van der Waals surface area contributed by atoms with Gasteiger partial charge in [0.1, 0.15) is 0 Å². The Morgan fingerprint density at radius 2 is 1.91 bits per heavy atom. The third kappa shape index (κ3) is 2.10. The molecule has 0 atom stereocenters. The Balaban J connectivity index is 1.56. The van der Waals surface area contributed by atoms with Crippen LogP contribution in [0.3, 0.4) is 0 Å². The van der Waals surface area contributed by atoms with Crippen LogP contribution >= 0.6 is 0 Å². The van der Waals surface area contributed by atoms with E-state index >= 15 is 0 Å². The molecule has 116 valence electrons. The number of nitrogens with one attached hydrogen (secondary N) is 1. The average Bonchev–Trinajstić information content (AvgIpc) is 2.88. The SMILES string of the molecule is O=C(c1ccnnc1)N1CCC2(CC1)C(=O)Nc1ccccc12. The van der Waals surface area contributed by atoms with Crippen molar-refractivity contribution in [2.24, 2.45) is 0 Å². The van der Waals surface area contributed by atoms with E-state index in [1.54, 1.807) is 11.0 Å². The monoisotopic (exact) mass is 308 g/mol. The van der Waals surface area contributed by atoms with Gasteiger partial charge in [-0.3, -0.25) is 9.59 Å². The maximum atomic E-state index is 12.5. The number of rotatable bonds is 1. The van der Waals surface area contributed by atoms with Crippen LogP contribution in [0.5, 0.6) is 0 Å². The zero-order chi connectivity index (χ0) is 15.9. The van der Waals surface area contributed by atoms with Gasteiger partial charge in [-0.1, -0.05) is 18.2 Å². The lowest BCUT2D eigenvalue weighted by Crippen LogP contribution is -2.48. The van der Waals surface area contributed by atoms with Gasteiger partial charge in [0.2, 0.25) is 5.91 Å². The van der Waals surface area contributed by atoms with Crippen molar-refractivity contribution in [2.75, 3.05) is 18.4 Å². The maximum absolute atomic E-state index is 12.5. The Kier molecular flexibility index (Phi) is 3.11. The van der Waals surface area contributed by atoms with Gasteiger partial charge in [0, 0.05) is 18.8 Å². The molecule has 3 heterocycles. The number of carbonyl (C=O) groups is 2. The smallest absolute Gasteiger partial charge is 0.255 e. The predicted octanol–water partition coefficient (Wildman–Crippen LogP) is 1.60. The molecule has 2 amide bonds. The lowest BCUT2D eigenvalue weighted by molar-refractivity contribution is -0.122. The third-order valence-corrected chi connectivity index (χ3v) is 4.86. The molecule has 2 aliphatic heterocycles. The van der Waals surface area contributed by atoms with Crippen LogP contribution in [0.15, 0.2) is 42.7 Å². The van der Waals surface area contributed by atoms with E-state index in [1.807, 2.05) is 24.3 Å². The van der Waals surface area contributed by atoms with E-state index in [1.165, 1.54) is 12.4 Å². The minimum Gasteiger partial charge on any atom is -0.339 e. The number of carbonyl (C=O) groups excluding carboxylic acids is 2. The predicted molar refractivity (Wildman–Crippen MR) is 83.9 cm³/mol. The highest BCUT2D eigenvalue weighted by Gasteiger charge is 2.48. The van der Waals surface area contributed by atoms with Crippen molar-refractivity contribution in [2.45, 2.75) is 18.3 Å². The molecule has 1 aromatic carbocycles. The highest BCUT2D eigenvalue weighted by Crippen LogP contribution is 2.44. The molecule has 0 unspecified atom stereocenters. The average molecular weight is 308 g/mol. The van der Waals surface area contributed by atoms with Crippen LogP contribution < -0.4 is 5.32 Å². The summed E-state index contributed by atoms with van der Waals surface area (Å²) in [6.07, 6.45) is 4.27.